The largest absolute Gasteiger partial charge is 0.394 e. The number of hydrogen-bond acceptors (Lipinski definition) is 3. The molecule has 0 aromatic rings. The summed E-state index contributed by atoms with van der Waals surface area (Å²) in [7, 11) is 0. The maximum Gasteiger partial charge on any atom is 0.220 e. The van der Waals surface area contributed by atoms with Gasteiger partial charge in [-0.15, -0.1) is 0 Å². The lowest BCUT2D eigenvalue weighted by Crippen LogP contribution is -2.45. The summed E-state index contributed by atoms with van der Waals surface area (Å²) < 4.78 is 52.5. The molecule has 0 aromatic heterocycles. The Morgan fingerprint density at radius 3 is 2.29 bits per heavy atom. The van der Waals surface area contributed by atoms with Gasteiger partial charge in [0.25, 0.3) is 0 Å². The number of carbonyl (C=O) groups excluding carboxylic acids is 1. The molecule has 0 saturated carbocycles. The Morgan fingerprint density at radius 1 is 1.04 bits per heavy atom. The van der Waals surface area contributed by atoms with Crippen LogP contribution < -0.4 is 5.32 Å². The first-order valence-electron chi connectivity index (χ1n) is 14.5. The second-order valence-electron chi connectivity index (χ2n) is 7.40. The third-order valence-corrected chi connectivity index (χ3v) is 4.81. The van der Waals surface area contributed by atoms with Crippen molar-refractivity contribution in [2.75, 3.05) is 6.61 Å². The van der Waals surface area contributed by atoms with Gasteiger partial charge in [-0.25, -0.2) is 0 Å². The van der Waals surface area contributed by atoms with Crippen LogP contribution in [0.5, 0.6) is 0 Å². The molecule has 0 saturated heterocycles. The van der Waals surface area contributed by atoms with Crippen LogP contribution in [0.4, 0.5) is 0 Å². The zero-order valence-electron chi connectivity index (χ0n) is 24.7. The van der Waals surface area contributed by atoms with E-state index in [2.05, 4.69) is 12.2 Å². The third-order valence-electron chi connectivity index (χ3n) is 4.81. The SMILES string of the molecule is [2H]C([2H])([2H])C([2H])([2H])C([2H])([2H])CCCCCCCCCC/C=C/[C@@H](O)[C@H](CO)NC(=O)CCCCC. The first-order valence-corrected chi connectivity index (χ1v) is 11.0. The van der Waals surface area contributed by atoms with Crippen molar-refractivity contribution in [3.8, 4) is 0 Å². The van der Waals surface area contributed by atoms with Gasteiger partial charge in [-0.05, 0) is 19.3 Å². The molecule has 0 bridgehead atoms. The first kappa shape index (κ1) is 16.9. The lowest BCUT2D eigenvalue weighted by Gasteiger charge is -2.19. The van der Waals surface area contributed by atoms with Crippen molar-refractivity contribution in [1.82, 2.24) is 5.32 Å². The fourth-order valence-electron chi connectivity index (χ4n) is 3.02. The average molecular weight is 405 g/mol. The summed E-state index contributed by atoms with van der Waals surface area (Å²) in [6.07, 6.45) is 8.50. The van der Waals surface area contributed by atoms with Crippen LogP contribution in [-0.2, 0) is 4.79 Å². The van der Waals surface area contributed by atoms with Crippen molar-refractivity contribution >= 4 is 5.91 Å². The van der Waals surface area contributed by atoms with E-state index in [4.69, 9.17) is 9.60 Å². The molecule has 0 heterocycles. The molecule has 0 spiro atoms. The highest BCUT2D eigenvalue weighted by atomic mass is 16.3. The Labute approximate surface area is 184 Å². The minimum Gasteiger partial charge on any atom is -0.394 e. The molecule has 0 unspecified atom stereocenters. The van der Waals surface area contributed by atoms with Crippen LogP contribution in [0.1, 0.15) is 126 Å². The number of carbonyl (C=O) groups is 1. The van der Waals surface area contributed by atoms with E-state index in [1.807, 2.05) is 6.08 Å². The minimum absolute atomic E-state index is 0.101. The smallest absolute Gasteiger partial charge is 0.220 e. The van der Waals surface area contributed by atoms with E-state index in [9.17, 15) is 15.0 Å². The molecular weight excluding hydrogens is 350 g/mol. The van der Waals surface area contributed by atoms with Crippen LogP contribution in [0.25, 0.3) is 0 Å². The predicted octanol–water partition coefficient (Wildman–Crippen LogP) is 5.66. The number of aliphatic hydroxyl groups is 2. The van der Waals surface area contributed by atoms with Gasteiger partial charge in [-0.3, -0.25) is 4.79 Å². The molecule has 166 valence electrons. The van der Waals surface area contributed by atoms with Crippen LogP contribution >= 0.6 is 0 Å². The topological polar surface area (TPSA) is 69.6 Å². The summed E-state index contributed by atoms with van der Waals surface area (Å²) in [5.41, 5.74) is 0. The summed E-state index contributed by atoms with van der Waals surface area (Å²) in [4.78, 5) is 11.9. The monoisotopic (exact) mass is 404 g/mol. The van der Waals surface area contributed by atoms with Crippen molar-refractivity contribution in [2.45, 2.75) is 129 Å². The first-order chi connectivity index (χ1) is 16.3. The highest BCUT2D eigenvalue weighted by Crippen LogP contribution is 2.12. The number of allylic oxidation sites excluding steroid dienone is 1. The molecule has 4 nitrogen and oxygen atoms in total. The lowest BCUT2D eigenvalue weighted by atomic mass is 10.0. The zero-order chi connectivity index (χ0) is 27.0. The van der Waals surface area contributed by atoms with E-state index in [-0.39, 0.29) is 18.9 Å². The number of rotatable bonds is 20. The quantitative estimate of drug-likeness (QED) is 0.181. The van der Waals surface area contributed by atoms with E-state index in [1.165, 1.54) is 0 Å². The van der Waals surface area contributed by atoms with Crippen molar-refractivity contribution in [1.29, 1.82) is 0 Å². The van der Waals surface area contributed by atoms with Crippen LogP contribution in [0, 0.1) is 0 Å². The standard InChI is InChI=1S/C24H47NO3/c1-3-5-7-8-9-10-11-12-13-14-15-16-18-19-23(27)22(21-26)25-24(28)20-17-6-4-2/h18-19,22-23,26-27H,3-17,20-21H2,1-2H3,(H,25,28)/b19-18+/t22-,23+/m0/s1/i1D3,3D2,5D2. The second-order valence-corrected chi connectivity index (χ2v) is 7.40. The highest BCUT2D eigenvalue weighted by Gasteiger charge is 2.17. The summed E-state index contributed by atoms with van der Waals surface area (Å²) in [5.74, 6) is -0.153. The van der Waals surface area contributed by atoms with Gasteiger partial charge in [0.15, 0.2) is 0 Å². The zero-order valence-corrected chi connectivity index (χ0v) is 17.7. The Bertz CT molecular complexity index is 598. The van der Waals surface area contributed by atoms with Gasteiger partial charge < -0.3 is 15.5 Å². The molecule has 0 fully saturated rings. The molecule has 4 heteroatoms. The fraction of sp³-hybridized carbons (Fsp3) is 0.875. The number of nitrogens with one attached hydrogen (secondary N) is 1. The van der Waals surface area contributed by atoms with Crippen LogP contribution in [0.15, 0.2) is 12.2 Å². The maximum absolute atomic E-state index is 11.9. The maximum atomic E-state index is 11.9. The number of hydrogen-bond donors (Lipinski definition) is 3. The van der Waals surface area contributed by atoms with Gasteiger partial charge in [0, 0.05) is 16.0 Å². The summed E-state index contributed by atoms with van der Waals surface area (Å²) in [6, 6.07) is -0.692. The van der Waals surface area contributed by atoms with E-state index in [1.54, 1.807) is 6.08 Å². The second kappa shape index (κ2) is 20.9. The highest BCUT2D eigenvalue weighted by molar-refractivity contribution is 5.76. The molecule has 0 aromatic carbocycles. The minimum atomic E-state index is -2.98. The predicted molar refractivity (Wildman–Crippen MR) is 119 cm³/mol. The molecule has 28 heavy (non-hydrogen) atoms. The Balaban J connectivity index is 3.90. The van der Waals surface area contributed by atoms with Crippen molar-refractivity contribution in [3.05, 3.63) is 12.2 Å². The summed E-state index contributed by atoms with van der Waals surface area (Å²) in [5, 5.41) is 22.3. The van der Waals surface area contributed by atoms with Gasteiger partial charge >= 0.3 is 0 Å². The molecule has 2 atom stereocenters. The van der Waals surface area contributed by atoms with Gasteiger partial charge in [-0.1, -0.05) is 103 Å². The lowest BCUT2D eigenvalue weighted by molar-refractivity contribution is -0.123. The molecule has 3 N–H and O–H groups in total. The number of unbranched alkanes of at least 4 members (excludes halogenated alkanes) is 10. The summed E-state index contributed by atoms with van der Waals surface area (Å²) >= 11 is 0. The molecule has 0 aliphatic carbocycles. The number of amides is 1. The Hall–Kier alpha value is -0.870. The van der Waals surface area contributed by atoms with Crippen LogP contribution in [0.2, 0.25) is 0 Å². The van der Waals surface area contributed by atoms with Crippen molar-refractivity contribution in [3.63, 3.8) is 0 Å². The Morgan fingerprint density at radius 2 is 1.68 bits per heavy atom. The molecular formula is C24H47NO3. The molecule has 0 aliphatic rings. The Kier molecular flexibility index (Phi) is 12.6. The van der Waals surface area contributed by atoms with Gasteiger partial charge in [0.2, 0.25) is 5.91 Å². The van der Waals surface area contributed by atoms with E-state index >= 15 is 0 Å². The van der Waals surface area contributed by atoms with Gasteiger partial charge in [-0.2, -0.15) is 0 Å². The molecule has 0 rings (SSSR count). The van der Waals surface area contributed by atoms with Crippen molar-refractivity contribution < 1.29 is 24.6 Å². The van der Waals surface area contributed by atoms with Gasteiger partial charge in [0.05, 0.1) is 18.8 Å². The van der Waals surface area contributed by atoms with E-state index in [0.717, 1.165) is 70.6 Å². The third kappa shape index (κ3) is 17.2. The van der Waals surface area contributed by atoms with E-state index in [0.29, 0.717) is 12.8 Å². The van der Waals surface area contributed by atoms with E-state index < -0.39 is 31.7 Å². The van der Waals surface area contributed by atoms with Crippen LogP contribution in [0.3, 0.4) is 0 Å². The normalized spacial score (nSPS) is 18.9. The molecule has 0 aliphatic heterocycles. The van der Waals surface area contributed by atoms with Crippen LogP contribution in [-0.4, -0.2) is 34.9 Å². The average Bonchev–Trinajstić information content (AvgIpc) is 2.77. The fourth-order valence-corrected chi connectivity index (χ4v) is 3.02. The summed E-state index contributed by atoms with van der Waals surface area (Å²) in [6.45, 7) is -1.23. The van der Waals surface area contributed by atoms with Gasteiger partial charge in [0.1, 0.15) is 0 Å². The molecule has 1 amide bonds. The molecule has 0 radical (unpaired) electrons. The van der Waals surface area contributed by atoms with Crippen molar-refractivity contribution in [2.24, 2.45) is 0 Å². The number of aliphatic hydroxyl groups excluding tert-OH is 2.